The topological polar surface area (TPSA) is 27.0 Å². The molecule has 2 rings (SSSR count). The van der Waals surface area contributed by atoms with Crippen LogP contribution in [0.5, 0.6) is 0 Å². The molecule has 0 amide bonds. The van der Waals surface area contributed by atoms with E-state index < -0.39 is 5.82 Å². The minimum absolute atomic E-state index is 0.0932. The number of hydrogen-bond acceptors (Lipinski definition) is 2. The van der Waals surface area contributed by atoms with Gasteiger partial charge in [-0.25, -0.2) is 4.39 Å². The number of halogens is 1. The number of rotatable bonds is 3. The summed E-state index contributed by atoms with van der Waals surface area (Å²) in [7, 11) is 1.92. The second-order valence-electron chi connectivity index (χ2n) is 4.53. The number of nitrogens with zero attached hydrogens (tertiary/aromatic N) is 2. The third-order valence-electron chi connectivity index (χ3n) is 3.13. The van der Waals surface area contributed by atoms with Crippen molar-refractivity contribution in [2.75, 3.05) is 11.9 Å². The monoisotopic (exact) mass is 254 g/mol. The number of hydrogen-bond donors (Lipinski definition) is 0. The number of aryl methyl sites for hydroxylation is 1. The van der Waals surface area contributed by atoms with Crippen molar-refractivity contribution in [2.24, 2.45) is 0 Å². The summed E-state index contributed by atoms with van der Waals surface area (Å²) in [6, 6.07) is 14.7. The molecule has 3 heteroatoms. The van der Waals surface area contributed by atoms with Gasteiger partial charge in [0.25, 0.3) is 0 Å². The van der Waals surface area contributed by atoms with Crippen molar-refractivity contribution < 1.29 is 4.39 Å². The zero-order valence-electron chi connectivity index (χ0n) is 11.0. The first-order chi connectivity index (χ1) is 9.13. The summed E-state index contributed by atoms with van der Waals surface area (Å²) in [5.74, 6) is -0.426. The predicted molar refractivity (Wildman–Crippen MR) is 74.4 cm³/mol. The van der Waals surface area contributed by atoms with Gasteiger partial charge in [-0.2, -0.15) is 5.26 Å². The third kappa shape index (κ3) is 2.74. The standard InChI is InChI=1S/C16H15FN2/c1-12-6-3-4-9-15(12)19(2)11-14-8-5-7-13(10-18)16(14)17/h3-9H,11H2,1-2H3. The van der Waals surface area contributed by atoms with Gasteiger partial charge in [0.2, 0.25) is 0 Å². The molecule has 0 aliphatic heterocycles. The van der Waals surface area contributed by atoms with Gasteiger partial charge in [-0.15, -0.1) is 0 Å². The number of benzene rings is 2. The molecule has 0 aromatic heterocycles. The van der Waals surface area contributed by atoms with Crippen LogP contribution in [0.2, 0.25) is 0 Å². The van der Waals surface area contributed by atoms with Gasteiger partial charge < -0.3 is 4.90 Å². The quantitative estimate of drug-likeness (QED) is 0.836. The molecule has 0 fully saturated rings. The molecule has 2 aromatic rings. The highest BCUT2D eigenvalue weighted by molar-refractivity contribution is 5.53. The molecule has 96 valence electrons. The van der Waals surface area contributed by atoms with Crippen LogP contribution in [0, 0.1) is 24.1 Å². The van der Waals surface area contributed by atoms with Crippen LogP contribution < -0.4 is 4.90 Å². The van der Waals surface area contributed by atoms with Gasteiger partial charge in [0.15, 0.2) is 0 Å². The first-order valence-corrected chi connectivity index (χ1v) is 6.07. The SMILES string of the molecule is Cc1ccccc1N(C)Cc1cccc(C#N)c1F. The predicted octanol–water partition coefficient (Wildman–Crippen LogP) is 3.64. The zero-order valence-corrected chi connectivity index (χ0v) is 11.0. The van der Waals surface area contributed by atoms with Crippen molar-refractivity contribution >= 4 is 5.69 Å². The molecule has 0 unspecified atom stereocenters. The molecule has 0 heterocycles. The fourth-order valence-corrected chi connectivity index (χ4v) is 2.12. The average Bonchev–Trinajstić information content (AvgIpc) is 2.41. The van der Waals surface area contributed by atoms with Gasteiger partial charge in [-0.1, -0.05) is 30.3 Å². The van der Waals surface area contributed by atoms with Crippen molar-refractivity contribution in [1.29, 1.82) is 5.26 Å². The Bertz CT molecular complexity index is 629. The largest absolute Gasteiger partial charge is 0.370 e. The summed E-state index contributed by atoms with van der Waals surface area (Å²) >= 11 is 0. The highest BCUT2D eigenvalue weighted by atomic mass is 19.1. The molecule has 2 aromatic carbocycles. The number of anilines is 1. The van der Waals surface area contributed by atoms with E-state index in [1.807, 2.05) is 49.2 Å². The van der Waals surface area contributed by atoms with Crippen LogP contribution in [0.1, 0.15) is 16.7 Å². The molecule has 2 nitrogen and oxygen atoms in total. The minimum Gasteiger partial charge on any atom is -0.370 e. The Morgan fingerprint density at radius 3 is 2.58 bits per heavy atom. The highest BCUT2D eigenvalue weighted by Gasteiger charge is 2.11. The fraction of sp³-hybridized carbons (Fsp3) is 0.188. The zero-order chi connectivity index (χ0) is 13.8. The second kappa shape index (κ2) is 5.53. The summed E-state index contributed by atoms with van der Waals surface area (Å²) in [5, 5.41) is 8.83. The van der Waals surface area contributed by atoms with Crippen LogP contribution >= 0.6 is 0 Å². The number of para-hydroxylation sites is 1. The van der Waals surface area contributed by atoms with E-state index in [4.69, 9.17) is 5.26 Å². The fourth-order valence-electron chi connectivity index (χ4n) is 2.12. The molecule has 0 radical (unpaired) electrons. The summed E-state index contributed by atoms with van der Waals surface area (Å²) < 4.78 is 14.0. The van der Waals surface area contributed by atoms with Crippen molar-refractivity contribution in [1.82, 2.24) is 0 Å². The van der Waals surface area contributed by atoms with E-state index in [-0.39, 0.29) is 5.56 Å². The number of nitriles is 1. The Hall–Kier alpha value is -2.34. The van der Waals surface area contributed by atoms with E-state index in [0.29, 0.717) is 12.1 Å². The van der Waals surface area contributed by atoms with E-state index >= 15 is 0 Å². The van der Waals surface area contributed by atoms with Crippen molar-refractivity contribution in [3.05, 3.63) is 65.0 Å². The van der Waals surface area contributed by atoms with E-state index in [0.717, 1.165) is 11.3 Å². The Kier molecular flexibility index (Phi) is 3.82. The lowest BCUT2D eigenvalue weighted by atomic mass is 10.1. The Labute approximate surface area is 112 Å². The lowest BCUT2D eigenvalue weighted by molar-refractivity contribution is 0.604. The van der Waals surface area contributed by atoms with E-state index in [1.54, 1.807) is 12.1 Å². The van der Waals surface area contributed by atoms with Crippen molar-refractivity contribution in [3.8, 4) is 6.07 Å². The van der Waals surface area contributed by atoms with E-state index in [9.17, 15) is 4.39 Å². The van der Waals surface area contributed by atoms with Crippen molar-refractivity contribution in [2.45, 2.75) is 13.5 Å². The van der Waals surface area contributed by atoms with Gasteiger partial charge in [-0.05, 0) is 24.6 Å². The lowest BCUT2D eigenvalue weighted by Crippen LogP contribution is -2.18. The van der Waals surface area contributed by atoms with Gasteiger partial charge in [0.1, 0.15) is 11.9 Å². The van der Waals surface area contributed by atoms with Gasteiger partial charge >= 0.3 is 0 Å². The molecule has 0 saturated heterocycles. The van der Waals surface area contributed by atoms with Crippen LogP contribution in [-0.4, -0.2) is 7.05 Å². The average molecular weight is 254 g/mol. The molecule has 0 spiro atoms. The van der Waals surface area contributed by atoms with Crippen LogP contribution in [0.15, 0.2) is 42.5 Å². The Balaban J connectivity index is 2.28. The summed E-state index contributed by atoms with van der Waals surface area (Å²) in [6.07, 6.45) is 0. The smallest absolute Gasteiger partial charge is 0.145 e. The Morgan fingerprint density at radius 2 is 1.89 bits per heavy atom. The van der Waals surface area contributed by atoms with E-state index in [2.05, 4.69) is 0 Å². The molecule has 0 saturated carbocycles. The molecular formula is C16H15FN2. The molecule has 0 aliphatic carbocycles. The highest BCUT2D eigenvalue weighted by Crippen LogP contribution is 2.21. The van der Waals surface area contributed by atoms with Crippen LogP contribution in [0.25, 0.3) is 0 Å². The third-order valence-corrected chi connectivity index (χ3v) is 3.13. The maximum Gasteiger partial charge on any atom is 0.145 e. The van der Waals surface area contributed by atoms with Gasteiger partial charge in [0, 0.05) is 24.8 Å². The molecule has 19 heavy (non-hydrogen) atoms. The summed E-state index contributed by atoms with van der Waals surface area (Å²) in [4.78, 5) is 1.98. The summed E-state index contributed by atoms with van der Waals surface area (Å²) in [6.45, 7) is 2.46. The summed E-state index contributed by atoms with van der Waals surface area (Å²) in [5.41, 5.74) is 2.83. The van der Waals surface area contributed by atoms with Gasteiger partial charge in [0.05, 0.1) is 5.56 Å². The maximum absolute atomic E-state index is 14.0. The van der Waals surface area contributed by atoms with Crippen molar-refractivity contribution in [3.63, 3.8) is 0 Å². The molecule has 0 atom stereocenters. The first-order valence-electron chi connectivity index (χ1n) is 6.07. The molecule has 0 bridgehead atoms. The van der Waals surface area contributed by atoms with Crippen LogP contribution in [0.3, 0.4) is 0 Å². The van der Waals surface area contributed by atoms with Crippen LogP contribution in [-0.2, 0) is 6.54 Å². The Morgan fingerprint density at radius 1 is 1.16 bits per heavy atom. The van der Waals surface area contributed by atoms with Gasteiger partial charge in [-0.3, -0.25) is 0 Å². The molecule has 0 N–H and O–H groups in total. The minimum atomic E-state index is -0.426. The first kappa shape index (κ1) is 13.1. The maximum atomic E-state index is 14.0. The second-order valence-corrected chi connectivity index (χ2v) is 4.53. The lowest BCUT2D eigenvalue weighted by Gasteiger charge is -2.21. The molecular weight excluding hydrogens is 239 g/mol. The van der Waals surface area contributed by atoms with Crippen LogP contribution in [0.4, 0.5) is 10.1 Å². The molecule has 0 aliphatic rings. The normalized spacial score (nSPS) is 10.0. The van der Waals surface area contributed by atoms with E-state index in [1.165, 1.54) is 6.07 Å².